The molecule has 3 heterocycles. The third-order valence-corrected chi connectivity index (χ3v) is 5.95. The molecule has 7 heteroatoms. The minimum atomic E-state index is 0.00390. The van der Waals surface area contributed by atoms with Crippen molar-refractivity contribution in [2.45, 2.75) is 51.0 Å². The average molecular weight is 400 g/mol. The van der Waals surface area contributed by atoms with E-state index in [0.29, 0.717) is 11.2 Å². The zero-order chi connectivity index (χ0) is 19.3. The molecule has 0 unspecified atom stereocenters. The Labute approximate surface area is 170 Å². The molecule has 2 aromatic rings. The van der Waals surface area contributed by atoms with E-state index in [9.17, 15) is 4.79 Å². The zero-order valence-electron chi connectivity index (χ0n) is 16.0. The highest BCUT2D eigenvalue weighted by molar-refractivity contribution is 6.29. The van der Waals surface area contributed by atoms with E-state index in [1.165, 1.54) is 19.3 Å². The van der Waals surface area contributed by atoms with Crippen molar-refractivity contribution in [3.63, 3.8) is 0 Å². The molecule has 0 radical (unpaired) electrons. The normalized spacial score (nSPS) is 19.8. The van der Waals surface area contributed by atoms with Gasteiger partial charge in [0.2, 0.25) is 5.91 Å². The Kier molecular flexibility index (Phi) is 6.05. The van der Waals surface area contributed by atoms with Crippen LogP contribution in [0, 0.1) is 5.92 Å². The van der Waals surface area contributed by atoms with Crippen LogP contribution in [0.1, 0.15) is 49.7 Å². The molecule has 0 N–H and O–H groups in total. The van der Waals surface area contributed by atoms with Crippen molar-refractivity contribution in [2.24, 2.45) is 10.9 Å². The number of hydrogen-bond donors (Lipinski definition) is 0. The molecule has 0 amide bonds. The first kappa shape index (κ1) is 19.1. The molecule has 1 saturated heterocycles. The van der Waals surface area contributed by atoms with E-state index in [0.717, 1.165) is 50.1 Å². The number of piperidine rings is 1. The van der Waals surface area contributed by atoms with Gasteiger partial charge in [0.05, 0.1) is 6.04 Å². The standard InChI is InChI=1S/C21H26ClN5O/c22-18-9-10-20(25-24-18)26-14-11-16(12-15-26)21(28)27-13-5-4-8-19(27)23-17-6-2-1-3-7-17/h4-5,8-10,13,16-17H,1-3,6-7,11-12,14-15H2. The molecule has 0 aromatic carbocycles. The zero-order valence-corrected chi connectivity index (χ0v) is 16.8. The molecular formula is C21H26ClN5O. The second kappa shape index (κ2) is 8.86. The Balaban J connectivity index is 1.45. The molecule has 0 spiro atoms. The van der Waals surface area contributed by atoms with Gasteiger partial charge in [-0.1, -0.05) is 36.9 Å². The van der Waals surface area contributed by atoms with Crippen LogP contribution in [0.15, 0.2) is 41.5 Å². The number of carbonyl (C=O) groups is 1. The van der Waals surface area contributed by atoms with Gasteiger partial charge in [-0.25, -0.2) is 0 Å². The lowest BCUT2D eigenvalue weighted by molar-refractivity contribution is 0.0806. The minimum absolute atomic E-state index is 0.00390. The number of pyridine rings is 1. The summed E-state index contributed by atoms with van der Waals surface area (Å²) in [5.41, 5.74) is 0.797. The molecule has 148 valence electrons. The van der Waals surface area contributed by atoms with Crippen molar-refractivity contribution in [1.29, 1.82) is 0 Å². The predicted molar refractivity (Wildman–Crippen MR) is 109 cm³/mol. The SMILES string of the molecule is O=C(C1CCN(c2ccc(Cl)nn2)CC1)n1ccccc1=NC1CCCCC1. The maximum absolute atomic E-state index is 13.2. The van der Waals surface area contributed by atoms with Crippen molar-refractivity contribution in [2.75, 3.05) is 18.0 Å². The van der Waals surface area contributed by atoms with Crippen LogP contribution in [0.4, 0.5) is 5.82 Å². The van der Waals surface area contributed by atoms with Gasteiger partial charge in [0.1, 0.15) is 5.49 Å². The number of anilines is 1. The van der Waals surface area contributed by atoms with Crippen LogP contribution < -0.4 is 10.4 Å². The number of carbonyl (C=O) groups excluding carboxylic acids is 1. The Hall–Kier alpha value is -2.21. The van der Waals surface area contributed by atoms with Gasteiger partial charge in [-0.3, -0.25) is 14.4 Å². The number of hydrogen-bond acceptors (Lipinski definition) is 5. The van der Waals surface area contributed by atoms with Crippen molar-refractivity contribution in [3.8, 4) is 0 Å². The smallest absolute Gasteiger partial charge is 0.235 e. The van der Waals surface area contributed by atoms with Gasteiger partial charge in [0.15, 0.2) is 11.0 Å². The van der Waals surface area contributed by atoms with E-state index in [1.807, 2.05) is 30.5 Å². The van der Waals surface area contributed by atoms with Crippen LogP contribution in [0.2, 0.25) is 5.15 Å². The van der Waals surface area contributed by atoms with E-state index in [4.69, 9.17) is 16.6 Å². The molecule has 1 saturated carbocycles. The quantitative estimate of drug-likeness (QED) is 0.789. The second-order valence-corrected chi connectivity index (χ2v) is 8.05. The molecule has 28 heavy (non-hydrogen) atoms. The minimum Gasteiger partial charge on any atom is -0.355 e. The summed E-state index contributed by atoms with van der Waals surface area (Å²) < 4.78 is 1.76. The average Bonchev–Trinajstić information content (AvgIpc) is 2.75. The van der Waals surface area contributed by atoms with E-state index in [-0.39, 0.29) is 11.8 Å². The van der Waals surface area contributed by atoms with Crippen LogP contribution in [0.3, 0.4) is 0 Å². The molecule has 2 aromatic heterocycles. The predicted octanol–water partition coefficient (Wildman–Crippen LogP) is 3.72. The third kappa shape index (κ3) is 4.43. The van der Waals surface area contributed by atoms with Crippen molar-refractivity contribution in [1.82, 2.24) is 14.8 Å². The van der Waals surface area contributed by atoms with Gasteiger partial charge in [-0.15, -0.1) is 10.2 Å². The third-order valence-electron chi connectivity index (χ3n) is 5.75. The summed E-state index contributed by atoms with van der Waals surface area (Å²) in [6, 6.07) is 9.82. The first-order chi connectivity index (χ1) is 13.7. The summed E-state index contributed by atoms with van der Waals surface area (Å²) in [4.78, 5) is 20.3. The second-order valence-electron chi connectivity index (χ2n) is 7.66. The first-order valence-electron chi connectivity index (χ1n) is 10.2. The van der Waals surface area contributed by atoms with E-state index in [1.54, 1.807) is 10.6 Å². The summed E-state index contributed by atoms with van der Waals surface area (Å²) in [6.45, 7) is 1.57. The van der Waals surface area contributed by atoms with Crippen molar-refractivity contribution >= 4 is 23.3 Å². The summed E-state index contributed by atoms with van der Waals surface area (Å²) >= 11 is 5.82. The van der Waals surface area contributed by atoms with E-state index < -0.39 is 0 Å². The van der Waals surface area contributed by atoms with Gasteiger partial charge in [0, 0.05) is 25.2 Å². The molecule has 6 nitrogen and oxygen atoms in total. The van der Waals surface area contributed by atoms with Crippen LogP contribution in [-0.4, -0.2) is 39.8 Å². The Morgan fingerprint density at radius 2 is 1.79 bits per heavy atom. The van der Waals surface area contributed by atoms with E-state index >= 15 is 0 Å². The summed E-state index contributed by atoms with van der Waals surface area (Å²) in [5, 5.41) is 8.45. The van der Waals surface area contributed by atoms with Gasteiger partial charge < -0.3 is 4.90 Å². The number of rotatable bonds is 3. The molecule has 1 aliphatic heterocycles. The molecule has 4 rings (SSSR count). The van der Waals surface area contributed by atoms with Gasteiger partial charge in [-0.2, -0.15) is 0 Å². The summed E-state index contributed by atoms with van der Waals surface area (Å²) in [5.74, 6) is 0.969. The molecule has 0 atom stereocenters. The Morgan fingerprint density at radius 1 is 1.00 bits per heavy atom. The number of halogens is 1. The number of nitrogens with zero attached hydrogens (tertiary/aromatic N) is 5. The first-order valence-corrected chi connectivity index (χ1v) is 10.6. The molecule has 1 aliphatic carbocycles. The van der Waals surface area contributed by atoms with Crippen LogP contribution in [0.25, 0.3) is 0 Å². The largest absolute Gasteiger partial charge is 0.355 e. The van der Waals surface area contributed by atoms with Crippen LogP contribution >= 0.6 is 11.6 Å². The highest BCUT2D eigenvalue weighted by atomic mass is 35.5. The van der Waals surface area contributed by atoms with Gasteiger partial charge >= 0.3 is 0 Å². The van der Waals surface area contributed by atoms with Crippen molar-refractivity contribution < 1.29 is 4.79 Å². The molecule has 0 bridgehead atoms. The number of aromatic nitrogens is 3. The fourth-order valence-electron chi connectivity index (χ4n) is 4.15. The molecule has 2 fully saturated rings. The Morgan fingerprint density at radius 3 is 2.50 bits per heavy atom. The topological polar surface area (TPSA) is 63.4 Å². The highest BCUT2D eigenvalue weighted by Gasteiger charge is 2.27. The van der Waals surface area contributed by atoms with Gasteiger partial charge in [0.25, 0.3) is 0 Å². The highest BCUT2D eigenvalue weighted by Crippen LogP contribution is 2.23. The van der Waals surface area contributed by atoms with Crippen molar-refractivity contribution in [3.05, 3.63) is 47.2 Å². The van der Waals surface area contributed by atoms with Gasteiger partial charge in [-0.05, 0) is 49.9 Å². The lowest BCUT2D eigenvalue weighted by Crippen LogP contribution is -2.40. The summed E-state index contributed by atoms with van der Waals surface area (Å²) in [7, 11) is 0. The van der Waals surface area contributed by atoms with Crippen LogP contribution in [-0.2, 0) is 0 Å². The summed E-state index contributed by atoms with van der Waals surface area (Å²) in [6.07, 6.45) is 9.49. The lowest BCUT2D eigenvalue weighted by atomic mass is 9.95. The lowest BCUT2D eigenvalue weighted by Gasteiger charge is -2.32. The van der Waals surface area contributed by atoms with E-state index in [2.05, 4.69) is 15.1 Å². The van der Waals surface area contributed by atoms with Crippen LogP contribution in [0.5, 0.6) is 0 Å². The molecule has 2 aliphatic rings. The maximum atomic E-state index is 13.2. The molecular weight excluding hydrogens is 374 g/mol. The monoisotopic (exact) mass is 399 g/mol. The maximum Gasteiger partial charge on any atom is 0.235 e. The fourth-order valence-corrected chi connectivity index (χ4v) is 4.25. The Bertz CT molecular complexity index is 865. The fraction of sp³-hybridized carbons (Fsp3) is 0.524.